The second kappa shape index (κ2) is 8.33. The second-order valence-electron chi connectivity index (χ2n) is 6.05. The third-order valence-electron chi connectivity index (χ3n) is 3.68. The van der Waals surface area contributed by atoms with Crippen molar-refractivity contribution in [3.05, 3.63) is 63.7 Å². The maximum absolute atomic E-state index is 13.7. The third-order valence-corrected chi connectivity index (χ3v) is 5.01. The van der Waals surface area contributed by atoms with Crippen LogP contribution in [-0.4, -0.2) is 27.3 Å². The van der Waals surface area contributed by atoms with Crippen molar-refractivity contribution in [1.82, 2.24) is 0 Å². The molecule has 0 heterocycles. The fraction of sp³-hybridized carbons (Fsp3) is 0.235. The number of hydrogen-bond acceptors (Lipinski definition) is 5. The van der Waals surface area contributed by atoms with Crippen LogP contribution < -0.4 is 5.32 Å². The van der Waals surface area contributed by atoms with E-state index in [0.29, 0.717) is 17.8 Å². The molecule has 0 saturated carbocycles. The van der Waals surface area contributed by atoms with Gasteiger partial charge < -0.3 is 10.4 Å². The lowest BCUT2D eigenvalue weighted by molar-refractivity contribution is -0.385. The van der Waals surface area contributed by atoms with Gasteiger partial charge >= 0.3 is 6.18 Å². The van der Waals surface area contributed by atoms with Gasteiger partial charge in [-0.2, -0.15) is 13.2 Å². The van der Waals surface area contributed by atoms with E-state index in [-0.39, 0.29) is 11.0 Å². The molecule has 6 nitrogen and oxygen atoms in total. The summed E-state index contributed by atoms with van der Waals surface area (Å²) in [4.78, 5) is 21.7. The lowest BCUT2D eigenvalue weighted by Gasteiger charge is -2.23. The summed E-state index contributed by atoms with van der Waals surface area (Å²) in [6.45, 7) is 0.977. The van der Waals surface area contributed by atoms with Crippen molar-refractivity contribution < 1.29 is 36.8 Å². The van der Waals surface area contributed by atoms with Crippen molar-refractivity contribution in [2.75, 3.05) is 11.1 Å². The maximum atomic E-state index is 13.7. The Morgan fingerprint density at radius 3 is 2.48 bits per heavy atom. The first-order valence-electron chi connectivity index (χ1n) is 7.79. The molecule has 2 rings (SSSR count). The van der Waals surface area contributed by atoms with E-state index in [9.17, 15) is 42.0 Å². The Kier molecular flexibility index (Phi) is 6.48. The van der Waals surface area contributed by atoms with Crippen molar-refractivity contribution in [2.24, 2.45) is 0 Å². The third kappa shape index (κ3) is 5.41. The molecule has 2 N–H and O–H groups in total. The van der Waals surface area contributed by atoms with E-state index in [1.165, 1.54) is 12.1 Å². The summed E-state index contributed by atoms with van der Waals surface area (Å²) in [5.41, 5.74) is -5.37. The number of halogens is 5. The molecular formula is C17H13F5N2O4S. The van der Waals surface area contributed by atoms with Gasteiger partial charge in [-0.25, -0.2) is 8.78 Å². The highest BCUT2D eigenvalue weighted by Gasteiger charge is 2.38. The molecule has 0 aliphatic heterocycles. The van der Waals surface area contributed by atoms with E-state index >= 15 is 0 Å². The molecule has 12 heteroatoms. The molecule has 0 spiro atoms. The topological polar surface area (TPSA) is 92.5 Å². The number of nitrogens with zero attached hydrogens (tertiary/aromatic N) is 1. The zero-order valence-corrected chi connectivity index (χ0v) is 15.4. The summed E-state index contributed by atoms with van der Waals surface area (Å²) in [5.74, 6) is -4.10. The molecule has 0 radical (unpaired) electrons. The number of anilines is 1. The molecule has 0 aromatic heterocycles. The van der Waals surface area contributed by atoms with Gasteiger partial charge in [-0.05, 0) is 25.1 Å². The number of benzene rings is 2. The highest BCUT2D eigenvalue weighted by Crippen LogP contribution is 2.37. The highest BCUT2D eigenvalue weighted by atomic mass is 32.2. The van der Waals surface area contributed by atoms with E-state index < -0.39 is 56.9 Å². The molecule has 0 bridgehead atoms. The first kappa shape index (κ1) is 22.6. The van der Waals surface area contributed by atoms with Crippen molar-refractivity contribution in [1.29, 1.82) is 0 Å². The average molecular weight is 436 g/mol. The molecule has 1 unspecified atom stereocenters. The highest BCUT2D eigenvalue weighted by molar-refractivity contribution is 7.99. The molecule has 0 saturated heterocycles. The summed E-state index contributed by atoms with van der Waals surface area (Å²) in [7, 11) is 0. The molecule has 29 heavy (non-hydrogen) atoms. The summed E-state index contributed by atoms with van der Waals surface area (Å²) in [6.07, 6.45) is -5.01. The minimum absolute atomic E-state index is 0.204. The lowest BCUT2D eigenvalue weighted by Crippen LogP contribution is -2.42. The predicted octanol–water partition coefficient (Wildman–Crippen LogP) is 4.37. The fourth-order valence-corrected chi connectivity index (χ4v) is 3.09. The van der Waals surface area contributed by atoms with Crippen molar-refractivity contribution in [3.8, 4) is 0 Å². The van der Waals surface area contributed by atoms with Gasteiger partial charge in [-0.15, -0.1) is 11.8 Å². The number of amides is 1. The van der Waals surface area contributed by atoms with Gasteiger partial charge in [-0.1, -0.05) is 6.07 Å². The minimum Gasteiger partial charge on any atom is -0.379 e. The predicted molar refractivity (Wildman–Crippen MR) is 94.4 cm³/mol. The number of carbonyl (C=O) groups excluding carboxylic acids is 1. The molecule has 0 aliphatic rings. The van der Waals surface area contributed by atoms with Crippen LogP contribution in [0.4, 0.5) is 33.3 Å². The van der Waals surface area contributed by atoms with Crippen molar-refractivity contribution >= 4 is 29.0 Å². The Labute approximate surface area is 164 Å². The second-order valence-corrected chi connectivity index (χ2v) is 7.07. The smallest absolute Gasteiger partial charge is 0.379 e. The Bertz CT molecular complexity index is 950. The Balaban J connectivity index is 2.21. The summed E-state index contributed by atoms with van der Waals surface area (Å²) in [6, 6.07) is 4.99. The maximum Gasteiger partial charge on any atom is 0.418 e. The van der Waals surface area contributed by atoms with E-state index in [1.54, 1.807) is 0 Å². The van der Waals surface area contributed by atoms with Crippen LogP contribution in [0.2, 0.25) is 0 Å². The first-order chi connectivity index (χ1) is 13.3. The van der Waals surface area contributed by atoms with Gasteiger partial charge in [0.2, 0.25) is 0 Å². The van der Waals surface area contributed by atoms with Crippen LogP contribution in [-0.2, 0) is 11.0 Å². The molecule has 2 aromatic rings. The number of non-ortho nitro benzene ring substituents is 1. The molecular weight excluding hydrogens is 423 g/mol. The van der Waals surface area contributed by atoms with Gasteiger partial charge in [0.25, 0.3) is 11.6 Å². The Hall–Kier alpha value is -2.73. The van der Waals surface area contributed by atoms with Gasteiger partial charge in [0.1, 0.15) is 5.60 Å². The summed E-state index contributed by atoms with van der Waals surface area (Å²) >= 11 is 0.586. The van der Waals surface area contributed by atoms with Gasteiger partial charge in [0.05, 0.1) is 16.2 Å². The quantitative estimate of drug-likeness (QED) is 0.304. The monoisotopic (exact) mass is 436 g/mol. The number of nitrogens with one attached hydrogen (secondary N) is 1. The molecule has 156 valence electrons. The van der Waals surface area contributed by atoms with Crippen LogP contribution in [0.5, 0.6) is 0 Å². The summed E-state index contributed by atoms with van der Waals surface area (Å²) < 4.78 is 66.4. The molecule has 2 aromatic carbocycles. The SMILES string of the molecule is CC(O)(CSc1cccc(F)c1F)C(=O)Nc1ccc([N+](=O)[O-])cc1C(F)(F)F. The number of thioether (sulfide) groups is 1. The average Bonchev–Trinajstić information content (AvgIpc) is 2.62. The van der Waals surface area contributed by atoms with Crippen LogP contribution in [0, 0.1) is 21.7 Å². The molecule has 0 aliphatic carbocycles. The van der Waals surface area contributed by atoms with E-state index in [1.807, 2.05) is 5.32 Å². The minimum atomic E-state index is -5.01. The normalized spacial score (nSPS) is 13.6. The lowest BCUT2D eigenvalue weighted by atomic mass is 10.1. The van der Waals surface area contributed by atoms with Crippen LogP contribution >= 0.6 is 11.8 Å². The number of aliphatic hydroxyl groups is 1. The Morgan fingerprint density at radius 2 is 1.90 bits per heavy atom. The summed E-state index contributed by atoms with van der Waals surface area (Å²) in [5, 5.41) is 22.8. The number of nitro groups is 1. The van der Waals surface area contributed by atoms with E-state index in [0.717, 1.165) is 19.1 Å². The zero-order valence-electron chi connectivity index (χ0n) is 14.6. The van der Waals surface area contributed by atoms with Crippen LogP contribution in [0.25, 0.3) is 0 Å². The van der Waals surface area contributed by atoms with Crippen molar-refractivity contribution in [3.63, 3.8) is 0 Å². The van der Waals surface area contributed by atoms with Crippen LogP contribution in [0.1, 0.15) is 12.5 Å². The standard InChI is InChI=1S/C17H13F5N2O4S/c1-16(26,8-29-13-4-2-3-11(18)14(13)19)15(25)23-12-6-5-9(24(27)28)7-10(12)17(20,21)22/h2-7,26H,8H2,1H3,(H,23,25). The number of alkyl halides is 3. The first-order valence-corrected chi connectivity index (χ1v) is 8.78. The largest absolute Gasteiger partial charge is 0.418 e. The number of carbonyl (C=O) groups is 1. The van der Waals surface area contributed by atoms with Crippen LogP contribution in [0.15, 0.2) is 41.3 Å². The molecule has 1 amide bonds. The number of rotatable bonds is 6. The van der Waals surface area contributed by atoms with Crippen LogP contribution in [0.3, 0.4) is 0 Å². The number of hydrogen-bond donors (Lipinski definition) is 2. The number of nitro benzene ring substituents is 1. The van der Waals surface area contributed by atoms with Gasteiger partial charge in [0, 0.05) is 22.8 Å². The van der Waals surface area contributed by atoms with Gasteiger partial charge in [-0.3, -0.25) is 14.9 Å². The van der Waals surface area contributed by atoms with E-state index in [2.05, 4.69) is 0 Å². The van der Waals surface area contributed by atoms with Crippen molar-refractivity contribution in [2.45, 2.75) is 23.6 Å². The zero-order chi connectivity index (χ0) is 22.0. The molecule has 1 atom stereocenters. The van der Waals surface area contributed by atoms with E-state index in [4.69, 9.17) is 0 Å². The molecule has 0 fully saturated rings. The van der Waals surface area contributed by atoms with Gasteiger partial charge in [0.15, 0.2) is 11.6 Å². The fourth-order valence-electron chi connectivity index (χ4n) is 2.13. The Morgan fingerprint density at radius 1 is 1.24 bits per heavy atom.